The third-order valence-electron chi connectivity index (χ3n) is 7.74. The van der Waals surface area contributed by atoms with Gasteiger partial charge in [-0.15, -0.1) is 11.3 Å². The first kappa shape index (κ1) is 26.3. The number of H-pyrrole nitrogens is 1. The van der Waals surface area contributed by atoms with Crippen LogP contribution in [0.2, 0.25) is 0 Å². The molecule has 0 saturated heterocycles. The van der Waals surface area contributed by atoms with Crippen LogP contribution in [0.4, 0.5) is 0 Å². The molecule has 0 saturated carbocycles. The molecule has 0 fully saturated rings. The van der Waals surface area contributed by atoms with Crippen LogP contribution >= 0.6 is 11.3 Å². The molecule has 6 nitrogen and oxygen atoms in total. The van der Waals surface area contributed by atoms with Gasteiger partial charge in [0.1, 0.15) is 4.83 Å². The van der Waals surface area contributed by atoms with Crippen LogP contribution in [0.1, 0.15) is 66.1 Å². The number of aromatic nitrogens is 2. The number of amides is 1. The number of aryl methyl sites for hydroxylation is 1. The Morgan fingerprint density at radius 2 is 1.89 bits per heavy atom. The molecule has 3 N–H and O–H groups in total. The molecule has 0 radical (unpaired) electrons. The molecule has 0 spiro atoms. The number of benzene rings is 1. The van der Waals surface area contributed by atoms with Crippen LogP contribution in [0.25, 0.3) is 21.3 Å². The number of thiophene rings is 1. The molecule has 5 rings (SSSR count). The molecule has 1 aliphatic carbocycles. The van der Waals surface area contributed by atoms with Crippen LogP contribution in [0, 0.1) is 11.3 Å². The summed E-state index contributed by atoms with van der Waals surface area (Å²) in [7, 11) is 1.92. The summed E-state index contributed by atoms with van der Waals surface area (Å²) in [5, 5.41) is 7.52. The van der Waals surface area contributed by atoms with Crippen molar-refractivity contribution in [1.29, 1.82) is 0 Å². The van der Waals surface area contributed by atoms with Crippen molar-refractivity contribution in [3.05, 3.63) is 86.8 Å². The second-order valence-corrected chi connectivity index (χ2v) is 12.4. The molecular formula is C31H36N4O2S. The lowest BCUT2D eigenvalue weighted by Crippen LogP contribution is -2.30. The van der Waals surface area contributed by atoms with E-state index in [0.29, 0.717) is 10.8 Å². The van der Waals surface area contributed by atoms with Crippen molar-refractivity contribution in [2.45, 2.75) is 52.5 Å². The van der Waals surface area contributed by atoms with Crippen LogP contribution in [0.5, 0.6) is 0 Å². The molecule has 38 heavy (non-hydrogen) atoms. The number of fused-ring (bicyclic) bond motifs is 2. The largest absolute Gasteiger partial charge is 0.344 e. The van der Waals surface area contributed by atoms with E-state index in [1.807, 2.05) is 43.4 Å². The Morgan fingerprint density at radius 1 is 1.13 bits per heavy atom. The monoisotopic (exact) mass is 528 g/mol. The molecule has 1 aromatic carbocycles. The summed E-state index contributed by atoms with van der Waals surface area (Å²) < 4.78 is 0. The zero-order chi connectivity index (χ0) is 26.9. The Hall–Kier alpha value is -3.29. The highest BCUT2D eigenvalue weighted by molar-refractivity contribution is 7.20. The number of pyridine rings is 2. The molecule has 198 valence electrons. The van der Waals surface area contributed by atoms with Gasteiger partial charge in [0.2, 0.25) is 5.56 Å². The molecule has 0 aliphatic heterocycles. The highest BCUT2D eigenvalue weighted by Gasteiger charge is 2.30. The van der Waals surface area contributed by atoms with Gasteiger partial charge in [-0.05, 0) is 91.1 Å². The zero-order valence-electron chi connectivity index (χ0n) is 22.6. The third kappa shape index (κ3) is 5.74. The van der Waals surface area contributed by atoms with Crippen molar-refractivity contribution in [2.75, 3.05) is 13.6 Å². The second-order valence-electron chi connectivity index (χ2n) is 11.4. The van der Waals surface area contributed by atoms with Crippen LogP contribution < -0.4 is 16.2 Å². The highest BCUT2D eigenvalue weighted by atomic mass is 32.1. The standard InChI is InChI=1S/C31H36N4O2S/c1-31(2,3)24-10-11-25-22(16-24)15-23-17-27(38-30(23)35-25)29(37)34-26(13-14-32-4)20-7-5-19(6-8-20)21-9-12-28(36)33-18-21/h5-9,12,15,17-18,24,26,32H,10-11,13-14,16H2,1-4H3,(H,33,36)(H,34,37)/t24-,26+/m0/s1. The summed E-state index contributed by atoms with van der Waals surface area (Å²) >= 11 is 1.48. The number of carbonyl (C=O) groups excluding carboxylic acids is 1. The van der Waals surface area contributed by atoms with Crippen molar-refractivity contribution < 1.29 is 4.79 Å². The lowest BCUT2D eigenvalue weighted by Gasteiger charge is -2.34. The molecule has 0 bridgehead atoms. The number of aromatic amines is 1. The van der Waals surface area contributed by atoms with Crippen molar-refractivity contribution in [3.8, 4) is 11.1 Å². The number of carbonyl (C=O) groups is 1. The number of rotatable bonds is 7. The minimum Gasteiger partial charge on any atom is -0.344 e. The van der Waals surface area contributed by atoms with Gasteiger partial charge in [-0.3, -0.25) is 9.59 Å². The van der Waals surface area contributed by atoms with Gasteiger partial charge in [-0.25, -0.2) is 4.98 Å². The van der Waals surface area contributed by atoms with E-state index in [2.05, 4.69) is 42.5 Å². The van der Waals surface area contributed by atoms with Crippen molar-refractivity contribution >= 4 is 27.5 Å². The Morgan fingerprint density at radius 3 is 2.58 bits per heavy atom. The van der Waals surface area contributed by atoms with E-state index in [4.69, 9.17) is 4.98 Å². The van der Waals surface area contributed by atoms with Crippen LogP contribution in [-0.2, 0) is 12.8 Å². The minimum absolute atomic E-state index is 0.0654. The maximum absolute atomic E-state index is 13.4. The van der Waals surface area contributed by atoms with E-state index in [1.165, 1.54) is 35.1 Å². The smallest absolute Gasteiger partial charge is 0.261 e. The minimum atomic E-state index is -0.126. The third-order valence-corrected chi connectivity index (χ3v) is 8.78. The maximum atomic E-state index is 13.4. The first-order chi connectivity index (χ1) is 18.2. The van der Waals surface area contributed by atoms with Gasteiger partial charge in [0.15, 0.2) is 0 Å². The second kappa shape index (κ2) is 10.8. The average molecular weight is 529 g/mol. The fourth-order valence-corrected chi connectivity index (χ4v) is 6.25. The van der Waals surface area contributed by atoms with Gasteiger partial charge >= 0.3 is 0 Å². The van der Waals surface area contributed by atoms with Crippen LogP contribution in [0.15, 0.2) is 59.5 Å². The van der Waals surface area contributed by atoms with Crippen LogP contribution in [0.3, 0.4) is 0 Å². The molecule has 7 heteroatoms. The molecule has 0 unspecified atom stereocenters. The maximum Gasteiger partial charge on any atom is 0.261 e. The topological polar surface area (TPSA) is 86.9 Å². The van der Waals surface area contributed by atoms with Gasteiger partial charge in [-0.2, -0.15) is 0 Å². The zero-order valence-corrected chi connectivity index (χ0v) is 23.4. The van der Waals surface area contributed by atoms with E-state index >= 15 is 0 Å². The van der Waals surface area contributed by atoms with E-state index in [1.54, 1.807) is 6.20 Å². The molecule has 3 heterocycles. The van der Waals surface area contributed by atoms with Gasteiger partial charge in [-0.1, -0.05) is 45.0 Å². The van der Waals surface area contributed by atoms with Crippen molar-refractivity contribution in [1.82, 2.24) is 20.6 Å². The quantitative estimate of drug-likeness (QED) is 0.279. The van der Waals surface area contributed by atoms with Gasteiger partial charge in [0.05, 0.1) is 10.9 Å². The summed E-state index contributed by atoms with van der Waals surface area (Å²) in [6.45, 7) is 7.75. The van der Waals surface area contributed by atoms with Crippen molar-refractivity contribution in [3.63, 3.8) is 0 Å². The van der Waals surface area contributed by atoms with Gasteiger partial charge in [0, 0.05) is 23.3 Å². The fourth-order valence-electron chi connectivity index (χ4n) is 5.31. The number of nitrogens with one attached hydrogen (secondary N) is 3. The van der Waals surface area contributed by atoms with Gasteiger partial charge < -0.3 is 15.6 Å². The Labute approximate surface area is 227 Å². The Kier molecular flexibility index (Phi) is 7.50. The number of hydrogen-bond acceptors (Lipinski definition) is 5. The summed E-state index contributed by atoms with van der Waals surface area (Å²) in [6, 6.07) is 15.6. The molecule has 1 amide bonds. The van der Waals surface area contributed by atoms with Crippen LogP contribution in [-0.4, -0.2) is 29.5 Å². The van der Waals surface area contributed by atoms with Gasteiger partial charge in [0.25, 0.3) is 5.91 Å². The first-order valence-corrected chi connectivity index (χ1v) is 14.2. The average Bonchev–Trinajstić information content (AvgIpc) is 3.32. The molecule has 2 atom stereocenters. The summed E-state index contributed by atoms with van der Waals surface area (Å²) in [5.74, 6) is 0.587. The Bertz CT molecular complexity index is 1480. The number of hydrogen-bond donors (Lipinski definition) is 3. The van der Waals surface area contributed by atoms with E-state index in [0.717, 1.165) is 52.7 Å². The lowest BCUT2D eigenvalue weighted by molar-refractivity contribution is 0.0939. The predicted molar refractivity (Wildman–Crippen MR) is 156 cm³/mol. The lowest BCUT2D eigenvalue weighted by atomic mass is 9.71. The Balaban J connectivity index is 1.35. The first-order valence-electron chi connectivity index (χ1n) is 13.4. The number of nitrogens with zero attached hydrogens (tertiary/aromatic N) is 1. The van der Waals surface area contributed by atoms with E-state index in [9.17, 15) is 9.59 Å². The molecular weight excluding hydrogens is 492 g/mol. The molecule has 1 aliphatic rings. The summed E-state index contributed by atoms with van der Waals surface area (Å²) in [4.78, 5) is 34.1. The normalized spacial score (nSPS) is 16.3. The predicted octanol–water partition coefficient (Wildman–Crippen LogP) is 5.88. The van der Waals surface area contributed by atoms with E-state index < -0.39 is 0 Å². The van der Waals surface area contributed by atoms with Crippen molar-refractivity contribution in [2.24, 2.45) is 11.3 Å². The SMILES string of the molecule is CNCC[C@@H](NC(=O)c1cc2cc3c(nc2s1)CC[C@H](C(C)(C)C)C3)c1ccc(-c2ccc(=O)[nH]c2)cc1. The summed E-state index contributed by atoms with van der Waals surface area (Å²) in [5.41, 5.74) is 5.70. The molecule has 4 aromatic rings. The van der Waals surface area contributed by atoms with E-state index in [-0.39, 0.29) is 22.9 Å². The molecule has 3 aromatic heterocycles. The fraction of sp³-hybridized carbons (Fsp3) is 0.387. The highest BCUT2D eigenvalue weighted by Crippen LogP contribution is 2.38. The summed E-state index contributed by atoms with van der Waals surface area (Å²) in [6.07, 6.45) is 5.72.